The standard InChI is InChI=1S/C13H21N3OS.ClH/c1-4-13(6-5-7-14-13)11(17)16-12-15-10(8-18-12)9(2)3;/h8-9,14H,4-7H2,1-3H3,(H,15,16,17);1H. The van der Waals surface area contributed by atoms with Crippen LogP contribution < -0.4 is 10.6 Å². The molecule has 0 aromatic carbocycles. The highest BCUT2D eigenvalue weighted by molar-refractivity contribution is 7.13. The van der Waals surface area contributed by atoms with E-state index in [1.807, 2.05) is 5.38 Å². The first-order chi connectivity index (χ1) is 8.57. The number of carbonyl (C=O) groups is 1. The predicted octanol–water partition coefficient (Wildman–Crippen LogP) is 3.16. The summed E-state index contributed by atoms with van der Waals surface area (Å²) in [5.41, 5.74) is 0.657. The van der Waals surface area contributed by atoms with Crippen LogP contribution in [0.15, 0.2) is 5.38 Å². The number of anilines is 1. The molecule has 2 rings (SSSR count). The Morgan fingerprint density at radius 1 is 1.63 bits per heavy atom. The molecule has 1 aliphatic rings. The van der Waals surface area contributed by atoms with Crippen molar-refractivity contribution in [2.24, 2.45) is 0 Å². The minimum absolute atomic E-state index is 0. The maximum absolute atomic E-state index is 12.3. The van der Waals surface area contributed by atoms with Crippen LogP contribution in [0, 0.1) is 0 Å². The Kier molecular flexibility index (Phi) is 5.77. The lowest BCUT2D eigenvalue weighted by Gasteiger charge is -2.25. The Balaban J connectivity index is 0.00000180. The van der Waals surface area contributed by atoms with E-state index in [2.05, 4.69) is 36.4 Å². The smallest absolute Gasteiger partial charge is 0.246 e. The van der Waals surface area contributed by atoms with E-state index in [0.29, 0.717) is 11.0 Å². The molecule has 1 aliphatic heterocycles. The van der Waals surface area contributed by atoms with Gasteiger partial charge in [-0.15, -0.1) is 23.7 Å². The fraction of sp³-hybridized carbons (Fsp3) is 0.692. The van der Waals surface area contributed by atoms with Gasteiger partial charge < -0.3 is 10.6 Å². The van der Waals surface area contributed by atoms with Gasteiger partial charge in [-0.1, -0.05) is 20.8 Å². The molecule has 0 aliphatic carbocycles. The van der Waals surface area contributed by atoms with Crippen molar-refractivity contribution < 1.29 is 4.79 Å². The third-order valence-electron chi connectivity index (χ3n) is 3.62. The van der Waals surface area contributed by atoms with E-state index in [-0.39, 0.29) is 23.9 Å². The molecule has 0 spiro atoms. The first-order valence-corrected chi connectivity index (χ1v) is 7.47. The van der Waals surface area contributed by atoms with Crippen molar-refractivity contribution in [2.45, 2.75) is 51.5 Å². The van der Waals surface area contributed by atoms with E-state index in [4.69, 9.17) is 0 Å². The highest BCUT2D eigenvalue weighted by atomic mass is 35.5. The van der Waals surface area contributed by atoms with Crippen LogP contribution in [0.1, 0.15) is 51.6 Å². The highest BCUT2D eigenvalue weighted by Crippen LogP contribution is 2.27. The maximum Gasteiger partial charge on any atom is 0.246 e. The molecule has 19 heavy (non-hydrogen) atoms. The fourth-order valence-electron chi connectivity index (χ4n) is 2.29. The van der Waals surface area contributed by atoms with Crippen molar-refractivity contribution in [2.75, 3.05) is 11.9 Å². The summed E-state index contributed by atoms with van der Waals surface area (Å²) in [6.45, 7) is 7.19. The Morgan fingerprint density at radius 2 is 2.37 bits per heavy atom. The third kappa shape index (κ3) is 3.46. The van der Waals surface area contributed by atoms with Gasteiger partial charge in [-0.2, -0.15) is 0 Å². The van der Waals surface area contributed by atoms with E-state index in [9.17, 15) is 4.79 Å². The second-order valence-electron chi connectivity index (χ2n) is 5.15. The molecule has 108 valence electrons. The van der Waals surface area contributed by atoms with Crippen molar-refractivity contribution in [3.63, 3.8) is 0 Å². The number of hydrogen-bond acceptors (Lipinski definition) is 4. The Hall–Kier alpha value is -0.650. The van der Waals surface area contributed by atoms with Crippen molar-refractivity contribution in [3.8, 4) is 0 Å². The number of nitrogens with zero attached hydrogens (tertiary/aromatic N) is 1. The first-order valence-electron chi connectivity index (χ1n) is 6.59. The van der Waals surface area contributed by atoms with Crippen LogP contribution in [0.4, 0.5) is 5.13 Å². The summed E-state index contributed by atoms with van der Waals surface area (Å²) in [5.74, 6) is 0.462. The summed E-state index contributed by atoms with van der Waals surface area (Å²) in [7, 11) is 0. The topological polar surface area (TPSA) is 54.0 Å². The molecule has 4 nitrogen and oxygen atoms in total. The van der Waals surface area contributed by atoms with Gasteiger partial charge in [0.25, 0.3) is 0 Å². The number of carbonyl (C=O) groups excluding carboxylic acids is 1. The molecule has 1 unspecified atom stereocenters. The van der Waals surface area contributed by atoms with Crippen molar-refractivity contribution >= 4 is 34.8 Å². The molecule has 1 amide bonds. The summed E-state index contributed by atoms with van der Waals surface area (Å²) in [6, 6.07) is 0. The van der Waals surface area contributed by atoms with Gasteiger partial charge in [-0.05, 0) is 31.7 Å². The number of rotatable bonds is 4. The van der Waals surface area contributed by atoms with Gasteiger partial charge in [0.15, 0.2) is 5.13 Å². The van der Waals surface area contributed by atoms with Crippen LogP contribution in [-0.2, 0) is 4.79 Å². The minimum atomic E-state index is -0.385. The third-order valence-corrected chi connectivity index (χ3v) is 4.39. The molecule has 1 aromatic rings. The number of hydrogen-bond donors (Lipinski definition) is 2. The molecule has 0 radical (unpaired) electrons. The van der Waals surface area contributed by atoms with Gasteiger partial charge in [0, 0.05) is 5.38 Å². The van der Waals surface area contributed by atoms with E-state index in [0.717, 1.165) is 31.5 Å². The number of aromatic nitrogens is 1. The Bertz CT molecular complexity index is 427. The molecule has 1 aromatic heterocycles. The SMILES string of the molecule is CCC1(C(=O)Nc2nc(C(C)C)cs2)CCCN1.Cl. The molecule has 0 bridgehead atoms. The summed E-state index contributed by atoms with van der Waals surface area (Å²) in [4.78, 5) is 16.8. The van der Waals surface area contributed by atoms with Crippen LogP contribution in [0.25, 0.3) is 0 Å². The largest absolute Gasteiger partial charge is 0.303 e. The minimum Gasteiger partial charge on any atom is -0.303 e. The highest BCUT2D eigenvalue weighted by Gasteiger charge is 2.39. The van der Waals surface area contributed by atoms with E-state index < -0.39 is 0 Å². The van der Waals surface area contributed by atoms with E-state index in [1.165, 1.54) is 11.3 Å². The lowest BCUT2D eigenvalue weighted by molar-refractivity contribution is -0.122. The molecule has 1 fully saturated rings. The van der Waals surface area contributed by atoms with Crippen LogP contribution in [0.5, 0.6) is 0 Å². The van der Waals surface area contributed by atoms with Crippen LogP contribution in [0.2, 0.25) is 0 Å². The summed E-state index contributed by atoms with van der Waals surface area (Å²) >= 11 is 1.50. The van der Waals surface area contributed by atoms with Gasteiger partial charge >= 0.3 is 0 Å². The Labute approximate surface area is 124 Å². The van der Waals surface area contributed by atoms with Gasteiger partial charge in [-0.3, -0.25) is 4.79 Å². The maximum atomic E-state index is 12.3. The summed E-state index contributed by atoms with van der Waals surface area (Å²) in [5, 5.41) is 9.02. The second kappa shape index (κ2) is 6.68. The number of nitrogens with one attached hydrogen (secondary N) is 2. The molecular formula is C13H22ClN3OS. The van der Waals surface area contributed by atoms with E-state index in [1.54, 1.807) is 0 Å². The second-order valence-corrected chi connectivity index (χ2v) is 6.01. The zero-order chi connectivity index (χ0) is 13.2. The van der Waals surface area contributed by atoms with Crippen LogP contribution >= 0.6 is 23.7 Å². The first kappa shape index (κ1) is 16.4. The molecule has 6 heteroatoms. The van der Waals surface area contributed by atoms with Gasteiger partial charge in [0.1, 0.15) is 0 Å². The molecule has 2 heterocycles. The van der Waals surface area contributed by atoms with Crippen molar-refractivity contribution in [1.29, 1.82) is 0 Å². The predicted molar refractivity (Wildman–Crippen MR) is 82.3 cm³/mol. The fourth-order valence-corrected chi connectivity index (χ4v) is 3.15. The molecule has 1 saturated heterocycles. The molecule has 2 N–H and O–H groups in total. The van der Waals surface area contributed by atoms with Crippen LogP contribution in [-0.4, -0.2) is 23.0 Å². The average Bonchev–Trinajstić information content (AvgIpc) is 2.97. The van der Waals surface area contributed by atoms with Gasteiger partial charge in [-0.25, -0.2) is 4.98 Å². The molecule has 1 atom stereocenters. The summed E-state index contributed by atoms with van der Waals surface area (Å²) in [6.07, 6.45) is 2.80. The molecular weight excluding hydrogens is 282 g/mol. The summed E-state index contributed by atoms with van der Waals surface area (Å²) < 4.78 is 0. The zero-order valence-electron chi connectivity index (χ0n) is 11.7. The van der Waals surface area contributed by atoms with Gasteiger partial charge in [0.2, 0.25) is 5.91 Å². The number of halogens is 1. The Morgan fingerprint density at radius 3 is 2.84 bits per heavy atom. The number of amides is 1. The van der Waals surface area contributed by atoms with Crippen molar-refractivity contribution in [1.82, 2.24) is 10.3 Å². The normalized spacial score (nSPS) is 22.3. The van der Waals surface area contributed by atoms with Crippen LogP contribution in [0.3, 0.4) is 0 Å². The quantitative estimate of drug-likeness (QED) is 0.898. The lowest BCUT2D eigenvalue weighted by atomic mass is 9.93. The van der Waals surface area contributed by atoms with Gasteiger partial charge in [0.05, 0.1) is 11.2 Å². The number of thiazole rings is 1. The lowest BCUT2D eigenvalue weighted by Crippen LogP contribution is -2.50. The monoisotopic (exact) mass is 303 g/mol. The average molecular weight is 304 g/mol. The molecule has 0 saturated carbocycles. The van der Waals surface area contributed by atoms with Crippen molar-refractivity contribution in [3.05, 3.63) is 11.1 Å². The zero-order valence-corrected chi connectivity index (χ0v) is 13.3. The van der Waals surface area contributed by atoms with E-state index >= 15 is 0 Å².